The zero-order valence-corrected chi connectivity index (χ0v) is 17.8. The summed E-state index contributed by atoms with van der Waals surface area (Å²) in [5.74, 6) is 0. The number of anilines is 1. The average Bonchev–Trinajstić information content (AvgIpc) is 3.46. The van der Waals surface area contributed by atoms with Crippen LogP contribution in [0, 0.1) is 0 Å². The van der Waals surface area contributed by atoms with E-state index in [4.69, 9.17) is 23.2 Å². The first-order valence-corrected chi connectivity index (χ1v) is 11.0. The van der Waals surface area contributed by atoms with E-state index in [0.717, 1.165) is 18.4 Å². The van der Waals surface area contributed by atoms with Crippen molar-refractivity contribution in [2.75, 3.05) is 12.4 Å². The molecule has 0 radical (unpaired) electrons. The maximum atomic E-state index is 12.5. The van der Waals surface area contributed by atoms with Gasteiger partial charge in [0.25, 0.3) is 0 Å². The van der Waals surface area contributed by atoms with Gasteiger partial charge in [-0.05, 0) is 61.7 Å². The van der Waals surface area contributed by atoms with Gasteiger partial charge >= 0.3 is 6.03 Å². The number of hydrogen-bond acceptors (Lipinski definition) is 3. The lowest BCUT2D eigenvalue weighted by Crippen LogP contribution is -2.31. The Hall–Kier alpha value is -1.80. The molecule has 28 heavy (non-hydrogen) atoms. The minimum absolute atomic E-state index is 0.0924. The van der Waals surface area contributed by atoms with Crippen molar-refractivity contribution in [3.63, 3.8) is 0 Å². The van der Waals surface area contributed by atoms with Gasteiger partial charge < -0.3 is 10.6 Å². The summed E-state index contributed by atoms with van der Waals surface area (Å²) in [5.41, 5.74) is 1.23. The summed E-state index contributed by atoms with van der Waals surface area (Å²) < 4.78 is 26.4. The summed E-state index contributed by atoms with van der Waals surface area (Å²) in [6.45, 7) is 1.80. The lowest BCUT2D eigenvalue weighted by Gasteiger charge is -2.18. The van der Waals surface area contributed by atoms with Crippen LogP contribution < -0.4 is 10.6 Å². The molecule has 3 rings (SSSR count). The van der Waals surface area contributed by atoms with Crippen LogP contribution in [0.5, 0.6) is 0 Å². The maximum absolute atomic E-state index is 12.5. The highest BCUT2D eigenvalue weighted by Crippen LogP contribution is 2.30. The van der Waals surface area contributed by atoms with Crippen molar-refractivity contribution in [2.45, 2.75) is 36.7 Å². The highest BCUT2D eigenvalue weighted by Gasteiger charge is 2.34. The predicted molar refractivity (Wildman–Crippen MR) is 111 cm³/mol. The molecule has 2 amide bonds. The summed E-state index contributed by atoms with van der Waals surface area (Å²) in [6, 6.07) is 10.5. The van der Waals surface area contributed by atoms with Crippen LogP contribution in [0.4, 0.5) is 10.5 Å². The molecule has 6 nitrogen and oxygen atoms in total. The average molecular weight is 442 g/mol. The van der Waals surface area contributed by atoms with Gasteiger partial charge in [-0.25, -0.2) is 13.2 Å². The van der Waals surface area contributed by atoms with Crippen molar-refractivity contribution in [2.24, 2.45) is 0 Å². The third kappa shape index (κ3) is 4.78. The maximum Gasteiger partial charge on any atom is 0.319 e. The summed E-state index contributed by atoms with van der Waals surface area (Å²) >= 11 is 12.1. The molecule has 0 bridgehead atoms. The zero-order valence-electron chi connectivity index (χ0n) is 15.4. The van der Waals surface area contributed by atoms with E-state index < -0.39 is 16.1 Å². The molecular formula is C19H21Cl2N3O3S. The number of carbonyl (C=O) groups excluding carboxylic acids is 1. The van der Waals surface area contributed by atoms with Gasteiger partial charge in [0, 0.05) is 28.8 Å². The number of amides is 2. The number of rotatable bonds is 6. The first kappa shape index (κ1) is 20.9. The Labute approximate surface area is 174 Å². The van der Waals surface area contributed by atoms with E-state index in [2.05, 4.69) is 10.6 Å². The molecule has 0 aliphatic heterocycles. The van der Waals surface area contributed by atoms with Crippen LogP contribution in [0.2, 0.25) is 10.0 Å². The number of sulfonamides is 1. The van der Waals surface area contributed by atoms with E-state index in [0.29, 0.717) is 15.7 Å². The van der Waals surface area contributed by atoms with E-state index in [1.165, 1.54) is 16.4 Å². The molecule has 150 valence electrons. The quantitative estimate of drug-likeness (QED) is 0.683. The van der Waals surface area contributed by atoms with Crippen LogP contribution in [-0.2, 0) is 10.0 Å². The Bertz CT molecular complexity index is 976. The van der Waals surface area contributed by atoms with Gasteiger partial charge in [0.05, 0.1) is 10.9 Å². The first-order valence-electron chi connectivity index (χ1n) is 8.79. The number of benzene rings is 2. The number of nitrogens with one attached hydrogen (secondary N) is 2. The lowest BCUT2D eigenvalue weighted by atomic mass is 10.1. The van der Waals surface area contributed by atoms with Gasteiger partial charge in [-0.2, -0.15) is 4.31 Å². The number of hydrogen-bond donors (Lipinski definition) is 2. The van der Waals surface area contributed by atoms with Crippen LogP contribution in [0.3, 0.4) is 0 Å². The molecule has 1 unspecified atom stereocenters. The van der Waals surface area contributed by atoms with E-state index in [1.54, 1.807) is 44.3 Å². The SMILES string of the molecule is CC(NC(=O)Nc1ccc(S(=O)(=O)N(C)C2CC2)cc1)c1ccc(Cl)cc1Cl. The van der Waals surface area contributed by atoms with Gasteiger partial charge in [0.1, 0.15) is 0 Å². The molecule has 0 saturated heterocycles. The summed E-state index contributed by atoms with van der Waals surface area (Å²) in [6.07, 6.45) is 1.79. The highest BCUT2D eigenvalue weighted by molar-refractivity contribution is 7.89. The summed E-state index contributed by atoms with van der Waals surface area (Å²) in [5, 5.41) is 6.46. The fraction of sp³-hybridized carbons (Fsp3) is 0.316. The first-order chi connectivity index (χ1) is 13.2. The molecule has 1 aliphatic rings. The molecule has 0 aromatic heterocycles. The topological polar surface area (TPSA) is 78.5 Å². The fourth-order valence-electron chi connectivity index (χ4n) is 2.81. The predicted octanol–water partition coefficient (Wildman–Crippen LogP) is 4.66. The zero-order chi connectivity index (χ0) is 20.5. The van der Waals surface area contributed by atoms with Gasteiger partial charge in [-0.3, -0.25) is 0 Å². The van der Waals surface area contributed by atoms with Crippen LogP contribution in [0.15, 0.2) is 47.4 Å². The van der Waals surface area contributed by atoms with Crippen molar-refractivity contribution < 1.29 is 13.2 Å². The van der Waals surface area contributed by atoms with E-state index >= 15 is 0 Å². The molecule has 1 aliphatic carbocycles. The second-order valence-corrected chi connectivity index (χ2v) is 9.60. The Kier molecular flexibility index (Phi) is 6.19. The highest BCUT2D eigenvalue weighted by atomic mass is 35.5. The lowest BCUT2D eigenvalue weighted by molar-refractivity contribution is 0.249. The second-order valence-electron chi connectivity index (χ2n) is 6.76. The molecule has 0 spiro atoms. The molecule has 2 aromatic carbocycles. The summed E-state index contributed by atoms with van der Waals surface area (Å²) in [4.78, 5) is 12.4. The van der Waals surface area contributed by atoms with Crippen molar-refractivity contribution in [3.05, 3.63) is 58.1 Å². The molecule has 2 aromatic rings. The molecule has 1 saturated carbocycles. The minimum atomic E-state index is -3.50. The van der Waals surface area contributed by atoms with Gasteiger partial charge in [-0.15, -0.1) is 0 Å². The molecule has 0 heterocycles. The van der Waals surface area contributed by atoms with Crippen molar-refractivity contribution in [3.8, 4) is 0 Å². The van der Waals surface area contributed by atoms with E-state index in [-0.39, 0.29) is 17.0 Å². The van der Waals surface area contributed by atoms with Crippen molar-refractivity contribution in [1.82, 2.24) is 9.62 Å². The Morgan fingerprint density at radius 3 is 2.36 bits per heavy atom. The molecule has 1 atom stereocenters. The van der Waals surface area contributed by atoms with E-state index in [9.17, 15) is 13.2 Å². The minimum Gasteiger partial charge on any atom is -0.331 e. The Morgan fingerprint density at radius 2 is 1.79 bits per heavy atom. The standard InChI is InChI=1S/C19H21Cl2N3O3S/c1-12(17-10-3-13(20)11-18(17)21)22-19(25)23-14-4-8-16(9-5-14)28(26,27)24(2)15-6-7-15/h3-5,8-12,15H,6-7H2,1-2H3,(H2,22,23,25). The third-order valence-corrected chi connectivity index (χ3v) is 7.11. The summed E-state index contributed by atoms with van der Waals surface area (Å²) in [7, 11) is -1.91. The van der Waals surface area contributed by atoms with Gasteiger partial charge in [0.2, 0.25) is 10.0 Å². The number of nitrogens with zero attached hydrogens (tertiary/aromatic N) is 1. The van der Waals surface area contributed by atoms with Crippen LogP contribution in [-0.4, -0.2) is 31.8 Å². The number of halogens is 2. The largest absolute Gasteiger partial charge is 0.331 e. The molecule has 9 heteroatoms. The Balaban J connectivity index is 1.62. The molecular weight excluding hydrogens is 421 g/mol. The second kappa shape index (κ2) is 8.29. The van der Waals surface area contributed by atoms with Gasteiger partial charge in [-0.1, -0.05) is 29.3 Å². The third-order valence-electron chi connectivity index (χ3n) is 4.63. The Morgan fingerprint density at radius 1 is 1.14 bits per heavy atom. The van der Waals surface area contributed by atoms with Crippen LogP contribution >= 0.6 is 23.2 Å². The monoisotopic (exact) mass is 441 g/mol. The van der Waals surface area contributed by atoms with Crippen LogP contribution in [0.25, 0.3) is 0 Å². The van der Waals surface area contributed by atoms with E-state index in [1.807, 2.05) is 0 Å². The van der Waals surface area contributed by atoms with Gasteiger partial charge in [0.15, 0.2) is 0 Å². The van der Waals surface area contributed by atoms with Crippen LogP contribution in [0.1, 0.15) is 31.4 Å². The molecule has 1 fully saturated rings. The fourth-order valence-corrected chi connectivity index (χ4v) is 4.79. The molecule has 2 N–H and O–H groups in total. The van der Waals surface area contributed by atoms with Crippen molar-refractivity contribution >= 4 is 44.9 Å². The smallest absolute Gasteiger partial charge is 0.319 e. The van der Waals surface area contributed by atoms with Crippen molar-refractivity contribution in [1.29, 1.82) is 0 Å². The number of urea groups is 1. The number of carbonyl (C=O) groups is 1. The normalized spacial score (nSPS) is 15.3.